The maximum Gasteiger partial charge on any atom is 0.309 e. The largest absolute Gasteiger partial charge is 0.469 e. The lowest BCUT2D eigenvalue weighted by atomic mass is 9.94. The zero-order valence-electron chi connectivity index (χ0n) is 15.9. The second-order valence-corrected chi connectivity index (χ2v) is 8.16. The molecule has 3 fully saturated rings. The topological polar surface area (TPSA) is 88.8 Å². The van der Waals surface area contributed by atoms with E-state index >= 15 is 0 Å². The second-order valence-electron chi connectivity index (χ2n) is 8.16. The monoisotopic (exact) mass is 384 g/mol. The number of methoxy groups -OCH3 is 1. The molecule has 2 aromatic rings. The average Bonchev–Trinajstić information content (AvgIpc) is 3.08. The summed E-state index contributed by atoms with van der Waals surface area (Å²) >= 11 is 0. The van der Waals surface area contributed by atoms with E-state index in [4.69, 9.17) is 9.15 Å². The van der Waals surface area contributed by atoms with Crippen molar-refractivity contribution >= 4 is 29.1 Å². The van der Waals surface area contributed by atoms with Gasteiger partial charge in [-0.3, -0.25) is 9.59 Å². The van der Waals surface area contributed by atoms with Gasteiger partial charge in [0.15, 0.2) is 5.58 Å². The second kappa shape index (κ2) is 6.76. The molecular weight excluding hydrogens is 360 g/mol. The Morgan fingerprint density at radius 3 is 2.86 bits per heavy atom. The lowest BCUT2D eigenvalue weighted by molar-refractivity contribution is -0.144. The molecule has 1 aliphatic carbocycles. The van der Waals surface area contributed by atoms with Crippen molar-refractivity contribution in [1.82, 2.24) is 14.9 Å². The summed E-state index contributed by atoms with van der Waals surface area (Å²) in [6.45, 7) is 3.03. The first-order chi connectivity index (χ1) is 13.6. The Labute approximate surface area is 162 Å². The number of likely N-dealkylation sites (tertiary alicyclic amines) is 1. The van der Waals surface area contributed by atoms with Crippen LogP contribution in [0.15, 0.2) is 22.7 Å². The molecule has 0 bridgehead atoms. The minimum absolute atomic E-state index is 0.00647. The van der Waals surface area contributed by atoms with Gasteiger partial charge in [-0.1, -0.05) is 0 Å². The lowest BCUT2D eigenvalue weighted by Crippen LogP contribution is -2.39. The minimum Gasteiger partial charge on any atom is -0.469 e. The third kappa shape index (κ3) is 3.00. The Morgan fingerprint density at radius 2 is 2.11 bits per heavy atom. The summed E-state index contributed by atoms with van der Waals surface area (Å²) in [7, 11) is 1.43. The predicted octanol–water partition coefficient (Wildman–Crippen LogP) is 1.71. The number of nitrogens with zero attached hydrogens (tertiary/aromatic N) is 4. The molecule has 28 heavy (non-hydrogen) atoms. The Hall–Kier alpha value is -2.64. The van der Waals surface area contributed by atoms with Crippen molar-refractivity contribution in [3.8, 4) is 0 Å². The molecule has 148 valence electrons. The van der Waals surface area contributed by atoms with Crippen LogP contribution in [0.25, 0.3) is 11.2 Å². The number of fused-ring (bicyclic) bond motifs is 2. The first-order valence-electron chi connectivity index (χ1n) is 9.96. The summed E-state index contributed by atoms with van der Waals surface area (Å²) in [6, 6.07) is 4.29. The van der Waals surface area contributed by atoms with Crippen LogP contribution in [0.3, 0.4) is 0 Å². The smallest absolute Gasteiger partial charge is 0.309 e. The fourth-order valence-electron chi connectivity index (χ4n) is 4.89. The van der Waals surface area contributed by atoms with Crippen LogP contribution < -0.4 is 4.90 Å². The van der Waals surface area contributed by atoms with Crippen LogP contribution in [0.2, 0.25) is 0 Å². The molecule has 4 heterocycles. The number of amides is 1. The van der Waals surface area contributed by atoms with E-state index < -0.39 is 0 Å². The van der Waals surface area contributed by atoms with Gasteiger partial charge >= 0.3 is 5.97 Å². The highest BCUT2D eigenvalue weighted by atomic mass is 16.5. The van der Waals surface area contributed by atoms with Gasteiger partial charge in [0.05, 0.1) is 13.0 Å². The fourth-order valence-corrected chi connectivity index (χ4v) is 4.89. The van der Waals surface area contributed by atoms with Gasteiger partial charge in [0, 0.05) is 38.8 Å². The fraction of sp³-hybridized carbons (Fsp3) is 0.600. The zero-order chi connectivity index (χ0) is 19.3. The van der Waals surface area contributed by atoms with Gasteiger partial charge in [-0.25, -0.2) is 4.98 Å². The number of hydrogen-bond acceptors (Lipinski definition) is 7. The molecule has 0 N–H and O–H groups in total. The van der Waals surface area contributed by atoms with Crippen LogP contribution in [-0.4, -0.2) is 60.0 Å². The predicted molar refractivity (Wildman–Crippen MR) is 100 cm³/mol. The molecule has 1 saturated carbocycles. The van der Waals surface area contributed by atoms with Crippen LogP contribution in [0.1, 0.15) is 19.3 Å². The van der Waals surface area contributed by atoms with Crippen molar-refractivity contribution in [2.24, 2.45) is 23.7 Å². The van der Waals surface area contributed by atoms with Gasteiger partial charge in [0.1, 0.15) is 0 Å². The normalized spacial score (nSPS) is 29.0. The number of anilines is 1. The van der Waals surface area contributed by atoms with Gasteiger partial charge < -0.3 is 19.0 Å². The van der Waals surface area contributed by atoms with Gasteiger partial charge in [0.25, 0.3) is 6.01 Å². The van der Waals surface area contributed by atoms with Crippen LogP contribution >= 0.6 is 0 Å². The molecule has 0 radical (unpaired) electrons. The number of oxazole rings is 1. The number of aromatic nitrogens is 2. The van der Waals surface area contributed by atoms with Crippen LogP contribution in [0.5, 0.6) is 0 Å². The summed E-state index contributed by atoms with van der Waals surface area (Å²) < 4.78 is 10.7. The molecule has 5 rings (SSSR count). The Bertz CT molecular complexity index is 867. The Morgan fingerprint density at radius 1 is 1.29 bits per heavy atom. The molecule has 4 atom stereocenters. The van der Waals surface area contributed by atoms with Crippen molar-refractivity contribution in [1.29, 1.82) is 0 Å². The van der Waals surface area contributed by atoms with Crippen molar-refractivity contribution in [3.63, 3.8) is 0 Å². The van der Waals surface area contributed by atoms with Crippen LogP contribution in [0.4, 0.5) is 6.01 Å². The number of carbonyl (C=O) groups is 2. The number of ether oxygens (including phenoxy) is 1. The van der Waals surface area contributed by atoms with Gasteiger partial charge in [0.2, 0.25) is 11.6 Å². The van der Waals surface area contributed by atoms with E-state index in [0.717, 1.165) is 25.9 Å². The van der Waals surface area contributed by atoms with Crippen molar-refractivity contribution in [2.45, 2.75) is 19.3 Å². The van der Waals surface area contributed by atoms with E-state index in [1.165, 1.54) is 7.11 Å². The first kappa shape index (κ1) is 17.5. The van der Waals surface area contributed by atoms with Gasteiger partial charge in [-0.15, -0.1) is 0 Å². The molecule has 8 nitrogen and oxygen atoms in total. The SMILES string of the molecule is COC(=O)C1[C@H]2CN(C(=O)CC3CCCN(c4nc5ncccc5o4)C3)C[C@@H]12. The summed E-state index contributed by atoms with van der Waals surface area (Å²) in [5.74, 6) is 0.960. The highest BCUT2D eigenvalue weighted by molar-refractivity contribution is 5.80. The Kier molecular flexibility index (Phi) is 4.21. The highest BCUT2D eigenvalue weighted by Crippen LogP contribution is 2.52. The standard InChI is InChI=1S/C20H24N4O4/c1-27-19(26)17-13-10-24(11-14(13)17)16(25)8-12-4-3-7-23(9-12)20-22-18-15(28-20)5-2-6-21-18/h2,5-6,12-14,17H,3-4,7-11H2,1H3/t12?,13-,14+,17?. The van der Waals surface area contributed by atoms with Crippen molar-refractivity contribution in [2.75, 3.05) is 38.2 Å². The van der Waals surface area contributed by atoms with Crippen LogP contribution in [-0.2, 0) is 14.3 Å². The van der Waals surface area contributed by atoms with E-state index in [-0.39, 0.29) is 23.7 Å². The van der Waals surface area contributed by atoms with Crippen LogP contribution in [0, 0.1) is 23.7 Å². The number of hydrogen-bond donors (Lipinski definition) is 0. The molecule has 2 aliphatic heterocycles. The molecule has 3 aliphatic rings. The molecule has 0 spiro atoms. The number of rotatable bonds is 4. The zero-order valence-corrected chi connectivity index (χ0v) is 15.9. The summed E-state index contributed by atoms with van der Waals surface area (Å²) in [5, 5.41) is 0. The maximum atomic E-state index is 12.8. The number of carbonyl (C=O) groups excluding carboxylic acids is 2. The minimum atomic E-state index is -0.127. The summed E-state index contributed by atoms with van der Waals surface area (Å²) in [6.07, 6.45) is 4.29. The third-order valence-corrected chi connectivity index (χ3v) is 6.43. The number of piperidine rings is 2. The molecule has 8 heteroatoms. The van der Waals surface area contributed by atoms with Crippen molar-refractivity contribution in [3.05, 3.63) is 18.3 Å². The maximum absolute atomic E-state index is 12.8. The number of pyridine rings is 1. The van der Waals surface area contributed by atoms with E-state index in [9.17, 15) is 9.59 Å². The molecule has 2 saturated heterocycles. The summed E-state index contributed by atoms with van der Waals surface area (Å²) in [5.41, 5.74) is 1.30. The van der Waals surface area contributed by atoms with Gasteiger partial charge in [-0.2, -0.15) is 4.98 Å². The quantitative estimate of drug-likeness (QED) is 0.742. The molecule has 2 unspecified atom stereocenters. The van der Waals surface area contributed by atoms with E-state index in [1.54, 1.807) is 6.20 Å². The molecular formula is C20H24N4O4. The molecule has 1 amide bonds. The number of esters is 1. The van der Waals surface area contributed by atoms with Gasteiger partial charge in [-0.05, 0) is 42.7 Å². The lowest BCUT2D eigenvalue weighted by Gasteiger charge is -2.32. The van der Waals surface area contributed by atoms with E-state index in [0.29, 0.717) is 48.6 Å². The average molecular weight is 384 g/mol. The Balaban J connectivity index is 1.17. The molecule has 2 aromatic heterocycles. The third-order valence-electron chi connectivity index (χ3n) is 6.43. The highest BCUT2D eigenvalue weighted by Gasteiger charge is 2.60. The van der Waals surface area contributed by atoms with E-state index in [1.807, 2.05) is 17.0 Å². The van der Waals surface area contributed by atoms with Crippen molar-refractivity contribution < 1.29 is 18.7 Å². The first-order valence-corrected chi connectivity index (χ1v) is 9.96. The molecule has 0 aromatic carbocycles. The summed E-state index contributed by atoms with van der Waals surface area (Å²) in [4.78, 5) is 37.2. The van der Waals surface area contributed by atoms with E-state index in [2.05, 4.69) is 14.9 Å².